The first kappa shape index (κ1) is 20.6. The zero-order valence-electron chi connectivity index (χ0n) is 17.7. The minimum absolute atomic E-state index is 0.212. The average molecular weight is 442 g/mol. The van der Waals surface area contributed by atoms with Crippen LogP contribution in [0.4, 0.5) is 0 Å². The van der Waals surface area contributed by atoms with Gasteiger partial charge in [0.1, 0.15) is 12.1 Å². The summed E-state index contributed by atoms with van der Waals surface area (Å²) in [5, 5.41) is 24.2. The van der Waals surface area contributed by atoms with Gasteiger partial charge in [0, 0.05) is 42.0 Å². The third-order valence-corrected chi connectivity index (χ3v) is 7.08. The van der Waals surface area contributed by atoms with Gasteiger partial charge in [0.25, 0.3) is 0 Å². The maximum atomic E-state index is 9.80. The summed E-state index contributed by atoms with van der Waals surface area (Å²) < 4.78 is 8.01. The Labute approximate surface area is 185 Å². The Hall–Kier alpha value is -2.33. The number of aliphatic hydroxyl groups excluding tert-OH is 2. The van der Waals surface area contributed by atoms with Gasteiger partial charge in [0.05, 0.1) is 25.0 Å². The lowest BCUT2D eigenvalue weighted by Gasteiger charge is -2.42. The Balaban J connectivity index is 1.46. The van der Waals surface area contributed by atoms with Crippen LogP contribution in [0.25, 0.3) is 22.1 Å². The zero-order chi connectivity index (χ0) is 21.5. The number of hydrogen-bond donors (Lipinski definition) is 2. The van der Waals surface area contributed by atoms with E-state index in [2.05, 4.69) is 47.0 Å². The lowest BCUT2D eigenvalue weighted by atomic mass is 9.92. The van der Waals surface area contributed by atoms with Crippen molar-refractivity contribution in [1.82, 2.24) is 24.6 Å². The molecule has 164 valence electrons. The number of likely N-dealkylation sites (tertiary alicyclic amines) is 1. The van der Waals surface area contributed by atoms with Crippen LogP contribution in [0, 0.1) is 0 Å². The standard InChI is InChI=1S/C22H27N5O3S/c1-13(2)27-21(23-12-24-27)22-25-20-16-4-3-14(9-18(16)30-8-6-19(20)31-22)17-5-7-26(17)10-15(29)11-28/h3-4,9,12-13,15,17,28-29H,5-8,10-11H2,1-2H3/t15-,17?/m0/s1. The molecule has 0 aliphatic carbocycles. The number of β-amino-alcohol motifs (C(OH)–C–C–N with tert-alkyl or cyclic N) is 1. The Morgan fingerprint density at radius 3 is 2.94 bits per heavy atom. The molecule has 1 fully saturated rings. The van der Waals surface area contributed by atoms with Gasteiger partial charge >= 0.3 is 0 Å². The highest BCUT2D eigenvalue weighted by molar-refractivity contribution is 7.15. The minimum Gasteiger partial charge on any atom is -0.492 e. The molecule has 1 aromatic carbocycles. The molecule has 1 saturated heterocycles. The van der Waals surface area contributed by atoms with Gasteiger partial charge in [-0.1, -0.05) is 6.07 Å². The lowest BCUT2D eigenvalue weighted by molar-refractivity contribution is 0.00670. The molecule has 0 spiro atoms. The van der Waals surface area contributed by atoms with Crippen molar-refractivity contribution in [2.45, 2.75) is 44.9 Å². The third-order valence-electron chi connectivity index (χ3n) is 5.97. The molecule has 8 nitrogen and oxygen atoms in total. The fourth-order valence-electron chi connectivity index (χ4n) is 4.29. The van der Waals surface area contributed by atoms with Crippen molar-refractivity contribution in [1.29, 1.82) is 0 Å². The quantitative estimate of drug-likeness (QED) is 0.607. The maximum absolute atomic E-state index is 9.80. The first-order valence-corrected chi connectivity index (χ1v) is 11.6. The van der Waals surface area contributed by atoms with E-state index in [0.29, 0.717) is 13.2 Å². The number of aliphatic hydroxyl groups is 2. The molecule has 2 atom stereocenters. The Morgan fingerprint density at radius 1 is 1.32 bits per heavy atom. The number of fused-ring (bicyclic) bond motifs is 3. The number of aromatic nitrogens is 4. The van der Waals surface area contributed by atoms with E-state index in [9.17, 15) is 5.11 Å². The highest BCUT2D eigenvalue weighted by Gasteiger charge is 2.32. The molecule has 4 heterocycles. The van der Waals surface area contributed by atoms with E-state index in [1.807, 2.05) is 4.68 Å². The summed E-state index contributed by atoms with van der Waals surface area (Å²) in [5.74, 6) is 1.66. The van der Waals surface area contributed by atoms with Crippen LogP contribution >= 0.6 is 11.3 Å². The first-order chi connectivity index (χ1) is 15.0. The van der Waals surface area contributed by atoms with E-state index >= 15 is 0 Å². The van der Waals surface area contributed by atoms with Crippen molar-refractivity contribution in [3.05, 3.63) is 35.0 Å². The number of ether oxygens (including phenoxy) is 1. The summed E-state index contributed by atoms with van der Waals surface area (Å²) in [6, 6.07) is 6.81. The van der Waals surface area contributed by atoms with Crippen LogP contribution in [-0.4, -0.2) is 67.3 Å². The van der Waals surface area contributed by atoms with Crippen LogP contribution in [-0.2, 0) is 6.42 Å². The smallest absolute Gasteiger partial charge is 0.187 e. The fraction of sp³-hybridized carbons (Fsp3) is 0.500. The van der Waals surface area contributed by atoms with Crippen LogP contribution in [0.2, 0.25) is 0 Å². The van der Waals surface area contributed by atoms with Gasteiger partial charge in [0.2, 0.25) is 0 Å². The van der Waals surface area contributed by atoms with Gasteiger partial charge in [-0.2, -0.15) is 5.10 Å². The summed E-state index contributed by atoms with van der Waals surface area (Å²) in [7, 11) is 0. The van der Waals surface area contributed by atoms with Gasteiger partial charge in [-0.15, -0.1) is 11.3 Å². The highest BCUT2D eigenvalue weighted by Crippen LogP contribution is 2.43. The van der Waals surface area contributed by atoms with Gasteiger partial charge in [-0.3, -0.25) is 4.90 Å². The SMILES string of the molecule is CC(C)n1ncnc1-c1nc2c(s1)CCOc1cc(C3CCN3C[C@H](O)CO)ccc1-2. The Bertz CT molecular complexity index is 1080. The zero-order valence-corrected chi connectivity index (χ0v) is 18.5. The summed E-state index contributed by atoms with van der Waals surface area (Å²) in [6.45, 7) is 5.98. The molecular weight excluding hydrogens is 414 g/mol. The topological polar surface area (TPSA) is 96.5 Å². The second-order valence-electron chi connectivity index (χ2n) is 8.40. The van der Waals surface area contributed by atoms with Crippen LogP contribution < -0.4 is 4.74 Å². The molecule has 1 unspecified atom stereocenters. The predicted molar refractivity (Wildman–Crippen MR) is 118 cm³/mol. The summed E-state index contributed by atoms with van der Waals surface area (Å²) >= 11 is 1.66. The second-order valence-corrected chi connectivity index (χ2v) is 9.49. The number of nitrogens with zero attached hydrogens (tertiary/aromatic N) is 5. The molecule has 3 aromatic rings. The fourth-order valence-corrected chi connectivity index (χ4v) is 5.33. The van der Waals surface area contributed by atoms with Crippen molar-refractivity contribution >= 4 is 11.3 Å². The monoisotopic (exact) mass is 441 g/mol. The largest absolute Gasteiger partial charge is 0.492 e. The van der Waals surface area contributed by atoms with E-state index in [1.54, 1.807) is 17.7 Å². The number of benzene rings is 1. The molecule has 2 aliphatic heterocycles. The highest BCUT2D eigenvalue weighted by atomic mass is 32.1. The van der Waals surface area contributed by atoms with Crippen LogP contribution in [0.3, 0.4) is 0 Å². The van der Waals surface area contributed by atoms with E-state index in [1.165, 1.54) is 10.4 Å². The van der Waals surface area contributed by atoms with Crippen molar-refractivity contribution < 1.29 is 14.9 Å². The molecule has 2 aliphatic rings. The average Bonchev–Trinajstić information content (AvgIpc) is 3.35. The Kier molecular flexibility index (Phi) is 5.51. The summed E-state index contributed by atoms with van der Waals surface area (Å²) in [4.78, 5) is 12.8. The lowest BCUT2D eigenvalue weighted by Crippen LogP contribution is -2.45. The van der Waals surface area contributed by atoms with Crippen LogP contribution in [0.1, 0.15) is 42.8 Å². The van der Waals surface area contributed by atoms with Crippen LogP contribution in [0.5, 0.6) is 5.75 Å². The summed E-state index contributed by atoms with van der Waals surface area (Å²) in [6.07, 6.45) is 2.73. The molecule has 2 aromatic heterocycles. The van der Waals surface area contributed by atoms with Gasteiger partial charge in [0.15, 0.2) is 10.8 Å². The minimum atomic E-state index is -0.705. The number of hydrogen-bond acceptors (Lipinski definition) is 8. The van der Waals surface area contributed by atoms with Gasteiger partial charge in [-0.05, 0) is 38.0 Å². The van der Waals surface area contributed by atoms with E-state index in [4.69, 9.17) is 14.8 Å². The van der Waals surface area contributed by atoms with Crippen molar-refractivity contribution in [2.24, 2.45) is 0 Å². The van der Waals surface area contributed by atoms with E-state index < -0.39 is 6.10 Å². The second kappa shape index (κ2) is 8.31. The van der Waals surface area contributed by atoms with Gasteiger partial charge in [-0.25, -0.2) is 14.6 Å². The van der Waals surface area contributed by atoms with Crippen molar-refractivity contribution in [3.8, 4) is 27.8 Å². The van der Waals surface area contributed by atoms with Gasteiger partial charge < -0.3 is 14.9 Å². The molecule has 31 heavy (non-hydrogen) atoms. The van der Waals surface area contributed by atoms with Crippen molar-refractivity contribution in [2.75, 3.05) is 26.3 Å². The molecule has 2 N–H and O–H groups in total. The molecule has 0 radical (unpaired) electrons. The maximum Gasteiger partial charge on any atom is 0.187 e. The Morgan fingerprint density at radius 2 is 2.19 bits per heavy atom. The third kappa shape index (κ3) is 3.76. The van der Waals surface area contributed by atoms with Crippen LogP contribution in [0.15, 0.2) is 24.5 Å². The molecule has 5 rings (SSSR count). The molecule has 0 bridgehead atoms. The van der Waals surface area contributed by atoms with Crippen molar-refractivity contribution in [3.63, 3.8) is 0 Å². The molecule has 0 amide bonds. The normalized spacial score (nSPS) is 19.3. The van der Waals surface area contributed by atoms with E-state index in [-0.39, 0.29) is 18.7 Å². The molecular formula is C22H27N5O3S. The predicted octanol–water partition coefficient (Wildman–Crippen LogP) is 2.68. The molecule has 9 heteroatoms. The first-order valence-electron chi connectivity index (χ1n) is 10.7. The van der Waals surface area contributed by atoms with E-state index in [0.717, 1.165) is 47.2 Å². The number of thiazole rings is 1. The number of rotatable bonds is 6. The summed E-state index contributed by atoms with van der Waals surface area (Å²) in [5.41, 5.74) is 3.16. The molecule has 0 saturated carbocycles.